The van der Waals surface area contributed by atoms with Crippen LogP contribution < -0.4 is 4.74 Å². The lowest BCUT2D eigenvalue weighted by Crippen LogP contribution is -2.05. The summed E-state index contributed by atoms with van der Waals surface area (Å²) >= 11 is 0. The van der Waals surface area contributed by atoms with Gasteiger partial charge in [-0.1, -0.05) is 36.4 Å². The van der Waals surface area contributed by atoms with Gasteiger partial charge in [0.05, 0.1) is 27.2 Å². The van der Waals surface area contributed by atoms with Gasteiger partial charge in [-0.2, -0.15) is 0 Å². The summed E-state index contributed by atoms with van der Waals surface area (Å²) in [5, 5.41) is 9.85. The number of unbranched alkanes of at least 4 members (excludes halogenated alkanes) is 1. The highest BCUT2D eigenvalue weighted by Crippen LogP contribution is 2.28. The van der Waals surface area contributed by atoms with Gasteiger partial charge in [-0.25, -0.2) is 0 Å². The predicted octanol–water partition coefficient (Wildman–Crippen LogP) is 4.63. The van der Waals surface area contributed by atoms with Crippen molar-refractivity contribution in [3.8, 4) is 5.75 Å². The number of carbonyl (C=O) groups excluding carboxylic acids is 2. The fraction of sp³-hybridized carbons (Fsp3) is 0.357. The molecule has 186 valence electrons. The Balaban J connectivity index is 1.82. The summed E-state index contributed by atoms with van der Waals surface area (Å²) in [5.41, 5.74) is 3.91. The van der Waals surface area contributed by atoms with Crippen LogP contribution in [0.3, 0.4) is 0 Å². The molecular formula is C28H33NO6. The molecule has 1 heterocycles. The average molecular weight is 480 g/mol. The molecule has 0 aliphatic rings. The molecule has 0 saturated heterocycles. The second-order valence-corrected chi connectivity index (χ2v) is 8.20. The minimum Gasteiger partial charge on any atom is -0.494 e. The van der Waals surface area contributed by atoms with Crippen LogP contribution in [0.4, 0.5) is 0 Å². The summed E-state index contributed by atoms with van der Waals surface area (Å²) in [4.78, 5) is 23.6. The number of carbonyl (C=O) groups is 2. The highest BCUT2D eigenvalue weighted by atomic mass is 16.5. The quantitative estimate of drug-likeness (QED) is 0.218. The molecule has 0 aliphatic heterocycles. The van der Waals surface area contributed by atoms with E-state index in [0.717, 1.165) is 46.2 Å². The van der Waals surface area contributed by atoms with Crippen LogP contribution in [0.15, 0.2) is 48.7 Å². The van der Waals surface area contributed by atoms with E-state index in [-0.39, 0.29) is 25.0 Å². The first-order chi connectivity index (χ1) is 17.0. The van der Waals surface area contributed by atoms with Gasteiger partial charge in [0.2, 0.25) is 0 Å². The van der Waals surface area contributed by atoms with Crippen molar-refractivity contribution in [2.24, 2.45) is 0 Å². The van der Waals surface area contributed by atoms with Crippen LogP contribution in [-0.2, 0) is 32.0 Å². The average Bonchev–Trinajstić information content (AvgIpc) is 3.23. The second kappa shape index (κ2) is 13.3. The summed E-state index contributed by atoms with van der Waals surface area (Å²) in [7, 11) is 2.78. The summed E-state index contributed by atoms with van der Waals surface area (Å²) in [6, 6.07) is 13.9. The van der Waals surface area contributed by atoms with E-state index in [0.29, 0.717) is 26.0 Å². The minimum absolute atomic E-state index is 0.171. The molecule has 0 unspecified atom stereocenters. The Hall–Kier alpha value is -3.58. The largest absolute Gasteiger partial charge is 0.494 e. The van der Waals surface area contributed by atoms with Crippen LogP contribution in [0.1, 0.15) is 42.4 Å². The number of rotatable bonds is 13. The monoisotopic (exact) mass is 479 g/mol. The summed E-state index contributed by atoms with van der Waals surface area (Å²) < 4.78 is 17.4. The molecule has 1 N–H and O–H groups in total. The Bertz CT molecular complexity index is 1150. The first-order valence-corrected chi connectivity index (χ1v) is 11.8. The molecule has 7 nitrogen and oxygen atoms in total. The van der Waals surface area contributed by atoms with E-state index in [2.05, 4.69) is 4.57 Å². The van der Waals surface area contributed by atoms with Crippen molar-refractivity contribution in [2.75, 3.05) is 27.4 Å². The van der Waals surface area contributed by atoms with Crippen molar-refractivity contribution >= 4 is 35.0 Å². The molecule has 0 bridgehead atoms. The van der Waals surface area contributed by atoms with Crippen molar-refractivity contribution < 1.29 is 28.9 Å². The Kier molecular flexibility index (Phi) is 9.93. The molecule has 0 fully saturated rings. The van der Waals surface area contributed by atoms with Gasteiger partial charge in [0.1, 0.15) is 5.75 Å². The fourth-order valence-electron chi connectivity index (χ4n) is 3.92. The first kappa shape index (κ1) is 26.0. The van der Waals surface area contributed by atoms with E-state index in [1.54, 1.807) is 0 Å². The van der Waals surface area contributed by atoms with E-state index >= 15 is 0 Å². The van der Waals surface area contributed by atoms with Crippen LogP contribution in [-0.4, -0.2) is 49.0 Å². The smallest absolute Gasteiger partial charge is 0.310 e. The fourth-order valence-corrected chi connectivity index (χ4v) is 3.92. The molecule has 3 aromatic rings. The number of fused-ring (bicyclic) bond motifs is 1. The molecule has 1 aromatic heterocycles. The standard InChI is InChI=1S/C28H33NO6/c1-33-26(31)9-6-16-29-20-23(19-27(32)34-2)28-22(7-5-8-25(28)29)13-10-21-11-14-24(15-12-21)35-18-4-3-17-30/h5,7-8,10-15,20,30H,3-4,6,9,16-19H2,1-2H3/b13-10+. The van der Waals surface area contributed by atoms with Gasteiger partial charge in [-0.3, -0.25) is 9.59 Å². The molecule has 0 aliphatic carbocycles. The maximum atomic E-state index is 12.1. The van der Waals surface area contributed by atoms with Gasteiger partial charge in [0.25, 0.3) is 0 Å². The number of esters is 2. The lowest BCUT2D eigenvalue weighted by molar-refractivity contribution is -0.141. The third-order valence-electron chi connectivity index (χ3n) is 5.74. The van der Waals surface area contributed by atoms with E-state index < -0.39 is 0 Å². The number of benzene rings is 2. The zero-order valence-electron chi connectivity index (χ0n) is 20.4. The van der Waals surface area contributed by atoms with Crippen molar-refractivity contribution in [3.05, 3.63) is 65.4 Å². The number of ether oxygens (including phenoxy) is 3. The topological polar surface area (TPSA) is 87.0 Å². The number of aliphatic hydroxyl groups excluding tert-OH is 1. The summed E-state index contributed by atoms with van der Waals surface area (Å²) in [6.07, 6.45) is 8.74. The minimum atomic E-state index is -0.299. The molecule has 0 saturated carbocycles. The van der Waals surface area contributed by atoms with Crippen LogP contribution >= 0.6 is 0 Å². The summed E-state index contributed by atoms with van der Waals surface area (Å²) in [6.45, 7) is 1.40. The maximum absolute atomic E-state index is 12.1. The number of methoxy groups -OCH3 is 2. The maximum Gasteiger partial charge on any atom is 0.310 e. The lowest BCUT2D eigenvalue weighted by Gasteiger charge is -2.06. The molecule has 7 heteroatoms. The lowest BCUT2D eigenvalue weighted by atomic mass is 10.0. The van der Waals surface area contributed by atoms with Gasteiger partial charge >= 0.3 is 11.9 Å². The van der Waals surface area contributed by atoms with Crippen LogP contribution in [0.5, 0.6) is 5.75 Å². The number of aryl methyl sites for hydroxylation is 1. The first-order valence-electron chi connectivity index (χ1n) is 11.8. The number of aromatic nitrogens is 1. The molecule has 2 aromatic carbocycles. The molecule has 0 amide bonds. The zero-order chi connectivity index (χ0) is 25.0. The Morgan fingerprint density at radius 1 is 0.943 bits per heavy atom. The van der Waals surface area contributed by atoms with Gasteiger partial charge in [0, 0.05) is 36.7 Å². The van der Waals surface area contributed by atoms with Crippen LogP contribution in [0.25, 0.3) is 23.1 Å². The van der Waals surface area contributed by atoms with E-state index in [4.69, 9.17) is 19.3 Å². The van der Waals surface area contributed by atoms with Gasteiger partial charge < -0.3 is 23.9 Å². The van der Waals surface area contributed by atoms with E-state index in [1.807, 2.05) is 60.8 Å². The van der Waals surface area contributed by atoms with Gasteiger partial charge in [0.15, 0.2) is 0 Å². The van der Waals surface area contributed by atoms with Crippen LogP contribution in [0, 0.1) is 0 Å². The van der Waals surface area contributed by atoms with Crippen molar-refractivity contribution in [1.82, 2.24) is 4.57 Å². The number of hydrogen-bond donors (Lipinski definition) is 1. The normalized spacial score (nSPS) is 11.2. The van der Waals surface area contributed by atoms with Crippen molar-refractivity contribution in [3.63, 3.8) is 0 Å². The number of aliphatic hydroxyl groups is 1. The molecular weight excluding hydrogens is 446 g/mol. The Morgan fingerprint density at radius 3 is 2.43 bits per heavy atom. The molecule has 35 heavy (non-hydrogen) atoms. The van der Waals surface area contributed by atoms with Crippen molar-refractivity contribution in [1.29, 1.82) is 0 Å². The van der Waals surface area contributed by atoms with Crippen LogP contribution in [0.2, 0.25) is 0 Å². The second-order valence-electron chi connectivity index (χ2n) is 8.20. The van der Waals surface area contributed by atoms with Crippen molar-refractivity contribution in [2.45, 2.75) is 38.6 Å². The summed E-state index contributed by atoms with van der Waals surface area (Å²) in [5.74, 6) is 0.264. The highest BCUT2D eigenvalue weighted by Gasteiger charge is 2.15. The van der Waals surface area contributed by atoms with E-state index in [9.17, 15) is 9.59 Å². The third-order valence-corrected chi connectivity index (χ3v) is 5.74. The highest BCUT2D eigenvalue weighted by molar-refractivity contribution is 5.96. The predicted molar refractivity (Wildman–Crippen MR) is 136 cm³/mol. The van der Waals surface area contributed by atoms with E-state index in [1.165, 1.54) is 14.2 Å². The van der Waals surface area contributed by atoms with Gasteiger partial charge in [-0.05, 0) is 54.2 Å². The number of hydrogen-bond acceptors (Lipinski definition) is 6. The zero-order valence-corrected chi connectivity index (χ0v) is 20.4. The number of nitrogens with zero attached hydrogens (tertiary/aromatic N) is 1. The molecule has 3 rings (SSSR count). The molecule has 0 atom stereocenters. The molecule has 0 spiro atoms. The SMILES string of the molecule is COC(=O)CCCn1cc(CC(=O)OC)c2c(/C=C/c3ccc(OCCCCO)cc3)cccc21. The Labute approximate surface area is 205 Å². The Morgan fingerprint density at radius 2 is 1.71 bits per heavy atom. The molecule has 0 radical (unpaired) electrons. The third kappa shape index (κ3) is 7.45. The van der Waals surface area contributed by atoms with Gasteiger partial charge in [-0.15, -0.1) is 0 Å².